The molecule has 0 fully saturated rings. The summed E-state index contributed by atoms with van der Waals surface area (Å²) in [6.07, 6.45) is -6.66. The Morgan fingerprint density at radius 2 is 1.50 bits per heavy atom. The number of benzene rings is 3. The maximum Gasteiger partial charge on any atom is 0.429 e. The number of rotatable bonds is 10. The number of halogens is 3. The summed E-state index contributed by atoms with van der Waals surface area (Å²) in [6.45, 7) is 5.06. The first-order valence-electron chi connectivity index (χ1n) is 11.3. The van der Waals surface area contributed by atoms with E-state index in [4.69, 9.17) is 10.5 Å². The van der Waals surface area contributed by atoms with E-state index in [1.54, 1.807) is 43.4 Å². The molecule has 0 heterocycles. The van der Waals surface area contributed by atoms with Crippen LogP contribution < -0.4 is 21.1 Å². The van der Waals surface area contributed by atoms with E-state index in [9.17, 15) is 13.2 Å². The van der Waals surface area contributed by atoms with Crippen LogP contribution in [0.2, 0.25) is 0 Å². The molecule has 4 N–H and O–H groups in total. The predicted molar refractivity (Wildman–Crippen MR) is 130 cm³/mol. The summed E-state index contributed by atoms with van der Waals surface area (Å²) >= 11 is 0. The van der Waals surface area contributed by atoms with Crippen LogP contribution in [0.1, 0.15) is 42.2 Å². The lowest BCUT2D eigenvalue weighted by Gasteiger charge is -2.25. The van der Waals surface area contributed by atoms with E-state index in [2.05, 4.69) is 10.6 Å². The summed E-state index contributed by atoms with van der Waals surface area (Å²) < 4.78 is 48.2. The lowest BCUT2D eigenvalue weighted by atomic mass is 9.95. The Bertz CT molecular complexity index is 1080. The second-order valence-corrected chi connectivity index (χ2v) is 8.48. The normalized spacial score (nSPS) is 12.7. The molecule has 0 aromatic heterocycles. The minimum atomic E-state index is -4.58. The summed E-state index contributed by atoms with van der Waals surface area (Å²) in [5.74, 6) is 0.160. The van der Waals surface area contributed by atoms with Gasteiger partial charge in [-0.1, -0.05) is 68.4 Å². The zero-order valence-electron chi connectivity index (χ0n) is 19.7. The predicted octanol–water partition coefficient (Wildman–Crippen LogP) is 5.71. The Morgan fingerprint density at radius 3 is 2.15 bits per heavy atom. The third-order valence-corrected chi connectivity index (χ3v) is 5.56. The van der Waals surface area contributed by atoms with Crippen molar-refractivity contribution in [3.63, 3.8) is 0 Å². The van der Waals surface area contributed by atoms with Crippen LogP contribution in [0.3, 0.4) is 0 Å². The van der Waals surface area contributed by atoms with Crippen molar-refractivity contribution >= 4 is 0 Å². The van der Waals surface area contributed by atoms with Gasteiger partial charge in [0.1, 0.15) is 5.75 Å². The Morgan fingerprint density at radius 1 is 0.853 bits per heavy atom. The summed E-state index contributed by atoms with van der Waals surface area (Å²) in [5.41, 5.74) is 10.2. The van der Waals surface area contributed by atoms with Gasteiger partial charge in [0.2, 0.25) is 6.10 Å². The van der Waals surface area contributed by atoms with Crippen LogP contribution in [-0.4, -0.2) is 19.3 Å². The van der Waals surface area contributed by atoms with Crippen molar-refractivity contribution in [3.05, 3.63) is 89.0 Å². The van der Waals surface area contributed by atoms with Gasteiger partial charge in [-0.25, -0.2) is 0 Å². The SMILES string of the molecule is CNCc1cc(OC(c2ccccc2CNC(C)C)C(F)(F)F)ccc1-c1ccccc1CN. The number of hydrogen-bond acceptors (Lipinski definition) is 4. The van der Waals surface area contributed by atoms with Crippen LogP contribution in [0.4, 0.5) is 13.2 Å². The number of ether oxygens (including phenoxy) is 1. The molecule has 3 aromatic rings. The van der Waals surface area contributed by atoms with Gasteiger partial charge in [-0.2, -0.15) is 13.2 Å². The largest absolute Gasteiger partial charge is 0.476 e. The molecule has 0 amide bonds. The molecular formula is C27H32F3N3O. The molecule has 7 heteroatoms. The Labute approximate surface area is 199 Å². The molecule has 1 atom stereocenters. The van der Waals surface area contributed by atoms with E-state index in [0.29, 0.717) is 25.2 Å². The number of nitrogens with two attached hydrogens (primary N) is 1. The van der Waals surface area contributed by atoms with E-state index in [-0.39, 0.29) is 17.4 Å². The standard InChI is InChI=1S/C27H32F3N3O/c1-18(2)33-17-20-9-5-7-11-25(20)26(27(28,29)30)34-22-12-13-24(21(14-22)16-32-3)23-10-6-4-8-19(23)15-31/h4-14,18,26,32-33H,15-17,31H2,1-3H3. The van der Waals surface area contributed by atoms with Crippen molar-refractivity contribution in [1.29, 1.82) is 0 Å². The molecule has 0 aliphatic carbocycles. The highest BCUT2D eigenvalue weighted by atomic mass is 19.4. The molecule has 0 spiro atoms. The highest BCUT2D eigenvalue weighted by Crippen LogP contribution is 2.39. The van der Waals surface area contributed by atoms with Gasteiger partial charge < -0.3 is 21.1 Å². The third kappa shape index (κ3) is 6.38. The Balaban J connectivity index is 2.00. The molecule has 4 nitrogen and oxygen atoms in total. The highest BCUT2D eigenvalue weighted by Gasteiger charge is 2.44. The molecule has 0 saturated carbocycles. The maximum atomic E-state index is 14.2. The van der Waals surface area contributed by atoms with Crippen molar-refractivity contribution in [3.8, 4) is 16.9 Å². The van der Waals surface area contributed by atoms with Gasteiger partial charge in [0.15, 0.2) is 0 Å². The van der Waals surface area contributed by atoms with Gasteiger partial charge in [0, 0.05) is 31.2 Å². The minimum Gasteiger partial charge on any atom is -0.476 e. The summed E-state index contributed by atoms with van der Waals surface area (Å²) in [6, 6.07) is 19.5. The molecule has 0 saturated heterocycles. The van der Waals surface area contributed by atoms with Crippen molar-refractivity contribution in [2.45, 2.75) is 51.8 Å². The van der Waals surface area contributed by atoms with Gasteiger partial charge in [-0.05, 0) is 47.0 Å². The lowest BCUT2D eigenvalue weighted by Crippen LogP contribution is -2.29. The van der Waals surface area contributed by atoms with Crippen LogP contribution in [-0.2, 0) is 19.6 Å². The fourth-order valence-corrected chi connectivity index (χ4v) is 3.91. The van der Waals surface area contributed by atoms with E-state index in [1.807, 2.05) is 38.1 Å². The quantitative estimate of drug-likeness (QED) is 0.354. The molecule has 3 aromatic carbocycles. The van der Waals surface area contributed by atoms with Crippen molar-refractivity contribution in [2.75, 3.05) is 7.05 Å². The molecule has 3 rings (SSSR count). The summed E-state index contributed by atoms with van der Waals surface area (Å²) in [4.78, 5) is 0. The monoisotopic (exact) mass is 471 g/mol. The zero-order valence-corrected chi connectivity index (χ0v) is 19.7. The second kappa shape index (κ2) is 11.5. The fourth-order valence-electron chi connectivity index (χ4n) is 3.91. The fraction of sp³-hybridized carbons (Fsp3) is 0.333. The van der Waals surface area contributed by atoms with Crippen LogP contribution in [0, 0.1) is 0 Å². The summed E-state index contributed by atoms with van der Waals surface area (Å²) in [5, 5.41) is 6.29. The molecule has 1 unspecified atom stereocenters. The van der Waals surface area contributed by atoms with Crippen LogP contribution in [0.5, 0.6) is 5.75 Å². The molecule has 182 valence electrons. The smallest absolute Gasteiger partial charge is 0.429 e. The van der Waals surface area contributed by atoms with Gasteiger partial charge in [-0.3, -0.25) is 0 Å². The summed E-state index contributed by atoms with van der Waals surface area (Å²) in [7, 11) is 1.79. The average molecular weight is 472 g/mol. The van der Waals surface area contributed by atoms with Gasteiger partial charge in [0.25, 0.3) is 0 Å². The Kier molecular flexibility index (Phi) is 8.72. The van der Waals surface area contributed by atoms with Crippen molar-refractivity contribution in [2.24, 2.45) is 5.73 Å². The molecular weight excluding hydrogens is 439 g/mol. The molecule has 0 radical (unpaired) electrons. The number of nitrogens with one attached hydrogen (secondary N) is 2. The number of alkyl halides is 3. The average Bonchev–Trinajstić information content (AvgIpc) is 2.81. The minimum absolute atomic E-state index is 0.107. The molecule has 0 aliphatic heterocycles. The van der Waals surface area contributed by atoms with Crippen LogP contribution >= 0.6 is 0 Å². The van der Waals surface area contributed by atoms with Crippen molar-refractivity contribution < 1.29 is 17.9 Å². The van der Waals surface area contributed by atoms with Gasteiger partial charge in [-0.15, -0.1) is 0 Å². The van der Waals surface area contributed by atoms with E-state index in [1.165, 1.54) is 6.07 Å². The third-order valence-electron chi connectivity index (χ3n) is 5.56. The highest BCUT2D eigenvalue weighted by molar-refractivity contribution is 5.71. The lowest BCUT2D eigenvalue weighted by molar-refractivity contribution is -0.198. The van der Waals surface area contributed by atoms with E-state index in [0.717, 1.165) is 22.3 Å². The van der Waals surface area contributed by atoms with E-state index >= 15 is 0 Å². The first-order chi connectivity index (χ1) is 16.2. The topological polar surface area (TPSA) is 59.3 Å². The first kappa shape index (κ1) is 25.7. The number of hydrogen-bond donors (Lipinski definition) is 3. The first-order valence-corrected chi connectivity index (χ1v) is 11.3. The van der Waals surface area contributed by atoms with Crippen LogP contribution in [0.15, 0.2) is 66.7 Å². The van der Waals surface area contributed by atoms with Gasteiger partial charge >= 0.3 is 6.18 Å². The maximum absolute atomic E-state index is 14.2. The van der Waals surface area contributed by atoms with Crippen LogP contribution in [0.25, 0.3) is 11.1 Å². The van der Waals surface area contributed by atoms with Gasteiger partial charge in [0.05, 0.1) is 0 Å². The molecule has 0 bridgehead atoms. The molecule has 0 aliphatic rings. The Hall–Kier alpha value is -2.87. The second-order valence-electron chi connectivity index (χ2n) is 8.48. The molecule has 34 heavy (non-hydrogen) atoms. The zero-order chi connectivity index (χ0) is 24.7. The van der Waals surface area contributed by atoms with Crippen molar-refractivity contribution in [1.82, 2.24) is 10.6 Å². The van der Waals surface area contributed by atoms with E-state index < -0.39 is 12.3 Å².